The largest absolute Gasteiger partial charge is 0.465 e. The van der Waals surface area contributed by atoms with Gasteiger partial charge in [0.2, 0.25) is 0 Å². The zero-order chi connectivity index (χ0) is 11.3. The highest BCUT2D eigenvalue weighted by Gasteiger charge is 2.26. The summed E-state index contributed by atoms with van der Waals surface area (Å²) >= 11 is 0. The third-order valence-electron chi connectivity index (χ3n) is 3.02. The van der Waals surface area contributed by atoms with Crippen LogP contribution in [0.15, 0.2) is 0 Å². The molecule has 0 aromatic carbocycles. The van der Waals surface area contributed by atoms with E-state index >= 15 is 0 Å². The average molecular weight is 217 g/mol. The van der Waals surface area contributed by atoms with Crippen LogP contribution in [0, 0.1) is 5.92 Å². The van der Waals surface area contributed by atoms with Gasteiger partial charge in [-0.3, -0.25) is 0 Å². The normalized spacial score (nSPS) is 21.2. The fourth-order valence-electron chi connectivity index (χ4n) is 2.20. The lowest BCUT2D eigenvalue weighted by Gasteiger charge is -2.24. The van der Waals surface area contributed by atoms with Crippen molar-refractivity contribution in [3.8, 4) is 0 Å². The maximum absolute atomic E-state index is 10.5. The van der Waals surface area contributed by atoms with Crippen LogP contribution in [-0.4, -0.2) is 40.2 Å². The first-order valence-electron chi connectivity index (χ1n) is 5.42. The molecule has 0 spiro atoms. The molecule has 0 heterocycles. The predicted molar refractivity (Wildman–Crippen MR) is 54.6 cm³/mol. The van der Waals surface area contributed by atoms with Gasteiger partial charge in [0.1, 0.15) is 0 Å². The Morgan fingerprint density at radius 3 is 2.47 bits per heavy atom. The maximum atomic E-state index is 10.5. The summed E-state index contributed by atoms with van der Waals surface area (Å²) in [6.45, 7) is -0.405. The zero-order valence-corrected chi connectivity index (χ0v) is 8.72. The number of nitrogens with one attached hydrogen (secondary N) is 1. The molecular formula is C10H19NO4. The molecule has 1 aliphatic carbocycles. The number of aliphatic hydroxyl groups excluding tert-OH is 2. The Morgan fingerprint density at radius 1 is 1.40 bits per heavy atom. The molecule has 1 saturated carbocycles. The van der Waals surface area contributed by atoms with Crippen molar-refractivity contribution < 1.29 is 20.1 Å². The molecule has 0 aromatic heterocycles. The van der Waals surface area contributed by atoms with E-state index in [0.29, 0.717) is 12.3 Å². The van der Waals surface area contributed by atoms with Crippen LogP contribution in [0.4, 0.5) is 4.79 Å². The molecule has 1 rings (SSSR count). The first-order valence-corrected chi connectivity index (χ1v) is 5.42. The van der Waals surface area contributed by atoms with Crippen LogP contribution in [0.1, 0.15) is 32.1 Å². The van der Waals surface area contributed by atoms with Crippen molar-refractivity contribution in [2.24, 2.45) is 5.92 Å². The molecule has 1 fully saturated rings. The quantitative estimate of drug-likeness (QED) is 0.541. The number of carboxylic acid groups (broad SMARTS) is 1. The zero-order valence-electron chi connectivity index (χ0n) is 8.72. The number of aliphatic hydroxyl groups is 2. The first-order chi connectivity index (χ1) is 7.13. The molecule has 0 unspecified atom stereocenters. The molecule has 0 aliphatic heterocycles. The van der Waals surface area contributed by atoms with Gasteiger partial charge in [-0.2, -0.15) is 0 Å². The van der Waals surface area contributed by atoms with Gasteiger partial charge in [-0.05, 0) is 12.3 Å². The van der Waals surface area contributed by atoms with E-state index in [1.165, 1.54) is 12.8 Å². The summed E-state index contributed by atoms with van der Waals surface area (Å²) in [5, 5.41) is 29.1. The minimum atomic E-state index is -1.15. The Kier molecular flexibility index (Phi) is 4.84. The van der Waals surface area contributed by atoms with Crippen LogP contribution in [0.5, 0.6) is 0 Å². The number of carbonyl (C=O) groups is 1. The Bertz CT molecular complexity index is 204. The van der Waals surface area contributed by atoms with Crippen molar-refractivity contribution in [3.63, 3.8) is 0 Å². The Balaban J connectivity index is 2.43. The summed E-state index contributed by atoms with van der Waals surface area (Å²) in [5.41, 5.74) is 0. The second-order valence-corrected chi connectivity index (χ2v) is 4.19. The first kappa shape index (κ1) is 12.3. The highest BCUT2D eigenvalue weighted by molar-refractivity contribution is 5.64. The van der Waals surface area contributed by atoms with Gasteiger partial charge in [0.15, 0.2) is 0 Å². The summed E-state index contributed by atoms with van der Waals surface area (Å²) in [4.78, 5) is 10.5. The molecule has 2 atom stereocenters. The number of hydrogen-bond donors (Lipinski definition) is 4. The van der Waals surface area contributed by atoms with E-state index in [0.717, 1.165) is 12.8 Å². The van der Waals surface area contributed by atoms with E-state index < -0.39 is 24.8 Å². The maximum Gasteiger partial charge on any atom is 0.404 e. The lowest BCUT2D eigenvalue weighted by Crippen LogP contribution is -2.45. The van der Waals surface area contributed by atoms with Crippen LogP contribution >= 0.6 is 0 Å². The summed E-state index contributed by atoms with van der Waals surface area (Å²) < 4.78 is 0. The van der Waals surface area contributed by atoms with Gasteiger partial charge in [0, 0.05) is 0 Å². The number of rotatable bonds is 5. The van der Waals surface area contributed by atoms with Crippen molar-refractivity contribution in [3.05, 3.63) is 0 Å². The smallest absolute Gasteiger partial charge is 0.404 e. The Labute approximate surface area is 89.1 Å². The molecule has 0 saturated heterocycles. The third-order valence-corrected chi connectivity index (χ3v) is 3.02. The van der Waals surface area contributed by atoms with Gasteiger partial charge in [-0.1, -0.05) is 25.7 Å². The minimum Gasteiger partial charge on any atom is -0.465 e. The van der Waals surface area contributed by atoms with Crippen molar-refractivity contribution in [2.75, 3.05) is 6.61 Å². The van der Waals surface area contributed by atoms with Gasteiger partial charge < -0.3 is 20.6 Å². The molecule has 88 valence electrons. The van der Waals surface area contributed by atoms with E-state index in [1.54, 1.807) is 0 Å². The lowest BCUT2D eigenvalue weighted by molar-refractivity contribution is 0.0545. The van der Waals surface area contributed by atoms with Crippen LogP contribution in [0.3, 0.4) is 0 Å². The lowest BCUT2D eigenvalue weighted by atomic mass is 9.95. The molecule has 4 N–H and O–H groups in total. The molecule has 1 amide bonds. The molecule has 0 aromatic rings. The fourth-order valence-corrected chi connectivity index (χ4v) is 2.20. The third kappa shape index (κ3) is 4.05. The molecule has 5 heteroatoms. The fraction of sp³-hybridized carbons (Fsp3) is 0.900. The van der Waals surface area contributed by atoms with Gasteiger partial charge in [-0.25, -0.2) is 4.79 Å². The molecule has 0 bridgehead atoms. The minimum absolute atomic E-state index is 0.405. The Morgan fingerprint density at radius 2 is 2.00 bits per heavy atom. The van der Waals surface area contributed by atoms with Crippen LogP contribution < -0.4 is 5.32 Å². The van der Waals surface area contributed by atoms with E-state index in [-0.39, 0.29) is 0 Å². The summed E-state index contributed by atoms with van der Waals surface area (Å²) in [7, 11) is 0. The second-order valence-electron chi connectivity index (χ2n) is 4.19. The topological polar surface area (TPSA) is 89.8 Å². The van der Waals surface area contributed by atoms with Gasteiger partial charge in [-0.15, -0.1) is 0 Å². The van der Waals surface area contributed by atoms with Gasteiger partial charge in [0.05, 0.1) is 18.8 Å². The monoisotopic (exact) mass is 217 g/mol. The highest BCUT2D eigenvalue weighted by atomic mass is 16.4. The van der Waals surface area contributed by atoms with Gasteiger partial charge in [0.25, 0.3) is 0 Å². The standard InChI is InChI=1S/C10H19NO4/c12-6-9(13)8(11-10(14)15)5-7-3-1-2-4-7/h7-9,11-13H,1-6H2,(H,14,15)/t8-,9+/m0/s1. The SMILES string of the molecule is O=C(O)N[C@@H](CC1CCCC1)[C@H](O)CO. The van der Waals surface area contributed by atoms with E-state index in [2.05, 4.69) is 5.32 Å². The number of amides is 1. The van der Waals surface area contributed by atoms with E-state index in [4.69, 9.17) is 10.2 Å². The van der Waals surface area contributed by atoms with E-state index in [1.807, 2.05) is 0 Å². The summed E-state index contributed by atoms with van der Waals surface area (Å²) in [6.07, 6.45) is 3.02. The Hall–Kier alpha value is -0.810. The summed E-state index contributed by atoms with van der Waals surface area (Å²) in [6, 6.07) is -0.546. The molecule has 1 aliphatic rings. The van der Waals surface area contributed by atoms with Crippen LogP contribution in [0.2, 0.25) is 0 Å². The molecule has 0 radical (unpaired) electrons. The van der Waals surface area contributed by atoms with E-state index in [9.17, 15) is 9.90 Å². The molecule has 5 nitrogen and oxygen atoms in total. The van der Waals surface area contributed by atoms with Crippen molar-refractivity contribution in [1.82, 2.24) is 5.32 Å². The van der Waals surface area contributed by atoms with Crippen LogP contribution in [0.25, 0.3) is 0 Å². The highest BCUT2D eigenvalue weighted by Crippen LogP contribution is 2.29. The van der Waals surface area contributed by atoms with Crippen molar-refractivity contribution >= 4 is 6.09 Å². The summed E-state index contributed by atoms with van der Waals surface area (Å²) in [5.74, 6) is 0.475. The number of hydrogen-bond acceptors (Lipinski definition) is 3. The van der Waals surface area contributed by atoms with Crippen LogP contribution in [-0.2, 0) is 0 Å². The van der Waals surface area contributed by atoms with Crippen molar-refractivity contribution in [2.45, 2.75) is 44.2 Å². The predicted octanol–water partition coefficient (Wildman–Crippen LogP) is 0.556. The molecule has 15 heavy (non-hydrogen) atoms. The van der Waals surface area contributed by atoms with Gasteiger partial charge >= 0.3 is 6.09 Å². The van der Waals surface area contributed by atoms with Crippen molar-refractivity contribution in [1.29, 1.82) is 0 Å². The second kappa shape index (κ2) is 5.92. The average Bonchev–Trinajstić information content (AvgIpc) is 2.67. The molecular weight excluding hydrogens is 198 g/mol.